The molecule has 0 amide bonds. The minimum absolute atomic E-state index is 0.465. The maximum atomic E-state index is 4.90. The third-order valence-corrected chi connectivity index (χ3v) is 9.27. The van der Waals surface area contributed by atoms with Crippen molar-refractivity contribution in [1.29, 1.82) is 0 Å². The normalized spacial score (nSPS) is 27.7. The van der Waals surface area contributed by atoms with E-state index in [1.54, 1.807) is 5.56 Å². The molecule has 1 aromatic heterocycles. The Kier molecular flexibility index (Phi) is 5.32. The van der Waals surface area contributed by atoms with Crippen molar-refractivity contribution >= 4 is 11.9 Å². The second kappa shape index (κ2) is 8.26. The van der Waals surface area contributed by atoms with E-state index >= 15 is 0 Å². The van der Waals surface area contributed by atoms with Crippen LogP contribution in [-0.2, 0) is 11.8 Å². The molecule has 34 heavy (non-hydrogen) atoms. The van der Waals surface area contributed by atoms with Crippen molar-refractivity contribution in [1.82, 2.24) is 4.57 Å². The van der Waals surface area contributed by atoms with Gasteiger partial charge in [0.15, 0.2) is 0 Å². The highest BCUT2D eigenvalue weighted by Crippen LogP contribution is 2.60. The number of nitrogens with zero attached hydrogens (tertiary/aromatic N) is 2. The molecule has 2 nitrogen and oxygen atoms in total. The Morgan fingerprint density at radius 1 is 0.912 bits per heavy atom. The molecule has 4 aliphatic rings. The van der Waals surface area contributed by atoms with Crippen LogP contribution in [0.25, 0.3) is 5.69 Å². The monoisotopic (exact) mass is 450 g/mol. The first-order valence-electron chi connectivity index (χ1n) is 13.4. The minimum atomic E-state index is 0.465. The molecule has 0 atom stereocenters. The number of benzene rings is 2. The quantitative estimate of drug-likeness (QED) is 0.349. The van der Waals surface area contributed by atoms with Gasteiger partial charge in [0, 0.05) is 23.2 Å². The van der Waals surface area contributed by atoms with Gasteiger partial charge in [-0.2, -0.15) is 0 Å². The summed E-state index contributed by atoms with van der Waals surface area (Å²) in [6.45, 7) is 8.88. The molecule has 0 unspecified atom stereocenters. The highest BCUT2D eigenvalue weighted by Gasteiger charge is 2.51. The van der Waals surface area contributed by atoms with E-state index in [-0.39, 0.29) is 0 Å². The van der Waals surface area contributed by atoms with Crippen LogP contribution in [0.3, 0.4) is 0 Å². The molecule has 0 saturated heterocycles. The van der Waals surface area contributed by atoms with Crippen LogP contribution in [0.5, 0.6) is 0 Å². The van der Waals surface area contributed by atoms with Gasteiger partial charge in [-0.3, -0.25) is 4.99 Å². The van der Waals surface area contributed by atoms with E-state index in [9.17, 15) is 0 Å². The van der Waals surface area contributed by atoms with Crippen LogP contribution in [-0.4, -0.2) is 10.8 Å². The summed E-state index contributed by atoms with van der Waals surface area (Å²) in [6.07, 6.45) is 11.9. The van der Waals surface area contributed by atoms with Crippen LogP contribution in [0.4, 0.5) is 5.69 Å². The van der Waals surface area contributed by atoms with E-state index in [1.807, 2.05) is 0 Å². The number of para-hydroxylation sites is 1. The average Bonchev–Trinajstić information content (AvgIpc) is 3.09. The van der Waals surface area contributed by atoms with Gasteiger partial charge in [-0.05, 0) is 124 Å². The first-order valence-corrected chi connectivity index (χ1v) is 13.4. The van der Waals surface area contributed by atoms with Gasteiger partial charge < -0.3 is 4.57 Å². The first-order chi connectivity index (χ1) is 16.5. The Balaban J connectivity index is 1.26. The summed E-state index contributed by atoms with van der Waals surface area (Å²) in [6, 6.07) is 18.2. The largest absolute Gasteiger partial charge is 0.317 e. The Bertz CT molecular complexity index is 1210. The van der Waals surface area contributed by atoms with E-state index in [4.69, 9.17) is 4.99 Å². The molecule has 2 aromatic carbocycles. The second-order valence-corrected chi connectivity index (χ2v) is 11.6. The van der Waals surface area contributed by atoms with Gasteiger partial charge in [0.2, 0.25) is 0 Å². The van der Waals surface area contributed by atoms with Gasteiger partial charge >= 0.3 is 0 Å². The summed E-state index contributed by atoms with van der Waals surface area (Å²) >= 11 is 0. The molecule has 3 aromatic rings. The highest BCUT2D eigenvalue weighted by atomic mass is 15.0. The SMILES string of the molecule is CCc1cccc(C)c1-n1c(C)cc(C=Nc2ccc(C34CC5CC(CC(C5)C3)C4)cc2)c1C. The van der Waals surface area contributed by atoms with Gasteiger partial charge in [0.1, 0.15) is 0 Å². The van der Waals surface area contributed by atoms with E-state index < -0.39 is 0 Å². The van der Waals surface area contributed by atoms with Crippen LogP contribution in [0, 0.1) is 38.5 Å². The fourth-order valence-corrected chi connectivity index (χ4v) is 8.10. The Labute approximate surface area is 205 Å². The molecule has 0 radical (unpaired) electrons. The number of hydrogen-bond acceptors (Lipinski definition) is 1. The molecule has 1 heterocycles. The second-order valence-electron chi connectivity index (χ2n) is 11.6. The zero-order chi connectivity index (χ0) is 23.4. The van der Waals surface area contributed by atoms with Crippen molar-refractivity contribution in [3.05, 3.63) is 82.2 Å². The molecule has 2 heteroatoms. The molecule has 4 saturated carbocycles. The van der Waals surface area contributed by atoms with Crippen molar-refractivity contribution in [2.45, 2.75) is 78.1 Å². The molecular formula is C32H38N2. The van der Waals surface area contributed by atoms with Gasteiger partial charge in [-0.25, -0.2) is 0 Å². The average molecular weight is 451 g/mol. The van der Waals surface area contributed by atoms with E-state index in [0.717, 1.165) is 29.9 Å². The van der Waals surface area contributed by atoms with Gasteiger partial charge in [0.25, 0.3) is 0 Å². The summed E-state index contributed by atoms with van der Waals surface area (Å²) in [5, 5.41) is 0. The molecule has 176 valence electrons. The molecule has 4 aliphatic carbocycles. The number of hydrogen-bond donors (Lipinski definition) is 0. The molecule has 0 aliphatic heterocycles. The zero-order valence-corrected chi connectivity index (χ0v) is 21.3. The standard InChI is InChI=1S/C32H38N2/c1-5-27-8-6-7-21(2)31(27)34-22(3)13-28(23(34)4)20-33-30-11-9-29(10-12-30)32-17-24-14-25(18-32)16-26(15-24)19-32/h6-13,20,24-26H,5,14-19H2,1-4H3. The van der Waals surface area contributed by atoms with Crippen LogP contribution >= 0.6 is 0 Å². The van der Waals surface area contributed by atoms with Gasteiger partial charge in [0.05, 0.1) is 11.4 Å². The number of aromatic nitrogens is 1. The Morgan fingerprint density at radius 2 is 1.56 bits per heavy atom. The summed E-state index contributed by atoms with van der Waals surface area (Å²) in [5.41, 5.74) is 10.9. The summed E-state index contributed by atoms with van der Waals surface area (Å²) in [4.78, 5) is 4.90. The van der Waals surface area contributed by atoms with E-state index in [1.165, 1.54) is 72.3 Å². The third kappa shape index (κ3) is 3.58. The number of rotatable bonds is 5. The molecule has 0 spiro atoms. The summed E-state index contributed by atoms with van der Waals surface area (Å²) < 4.78 is 2.41. The lowest BCUT2D eigenvalue weighted by Crippen LogP contribution is -2.48. The smallest absolute Gasteiger partial charge is 0.0630 e. The Hall–Kier alpha value is -2.61. The predicted octanol–water partition coefficient (Wildman–Crippen LogP) is 8.18. The number of aliphatic imine (C=N–C) groups is 1. The first kappa shape index (κ1) is 21.9. The van der Waals surface area contributed by atoms with Crippen LogP contribution in [0.1, 0.15) is 79.1 Å². The van der Waals surface area contributed by atoms with Crippen molar-refractivity contribution in [2.24, 2.45) is 22.7 Å². The minimum Gasteiger partial charge on any atom is -0.317 e. The fraction of sp³-hybridized carbons (Fsp3) is 0.469. The topological polar surface area (TPSA) is 17.3 Å². The van der Waals surface area contributed by atoms with Crippen molar-refractivity contribution in [3.63, 3.8) is 0 Å². The van der Waals surface area contributed by atoms with Crippen LogP contribution < -0.4 is 0 Å². The van der Waals surface area contributed by atoms with Gasteiger partial charge in [-0.1, -0.05) is 37.3 Å². The van der Waals surface area contributed by atoms with E-state index in [2.05, 4.69) is 87.0 Å². The van der Waals surface area contributed by atoms with Crippen LogP contribution in [0.15, 0.2) is 53.5 Å². The molecule has 4 bridgehead atoms. The van der Waals surface area contributed by atoms with E-state index in [0.29, 0.717) is 5.41 Å². The lowest BCUT2D eigenvalue weighted by Gasteiger charge is -2.57. The molecule has 0 N–H and O–H groups in total. The summed E-state index contributed by atoms with van der Waals surface area (Å²) in [7, 11) is 0. The molecule has 7 rings (SSSR count). The maximum absolute atomic E-state index is 4.90. The van der Waals surface area contributed by atoms with Crippen molar-refractivity contribution in [3.8, 4) is 5.69 Å². The van der Waals surface area contributed by atoms with Crippen molar-refractivity contribution < 1.29 is 0 Å². The maximum Gasteiger partial charge on any atom is 0.0630 e. The van der Waals surface area contributed by atoms with Crippen molar-refractivity contribution in [2.75, 3.05) is 0 Å². The molecular weight excluding hydrogens is 412 g/mol. The lowest BCUT2D eigenvalue weighted by atomic mass is 9.48. The summed E-state index contributed by atoms with van der Waals surface area (Å²) in [5.74, 6) is 2.96. The lowest BCUT2D eigenvalue weighted by molar-refractivity contribution is -0.00518. The zero-order valence-electron chi connectivity index (χ0n) is 21.3. The fourth-order valence-electron chi connectivity index (χ4n) is 8.10. The highest BCUT2D eigenvalue weighted by molar-refractivity contribution is 5.84. The molecule has 4 fully saturated rings. The Morgan fingerprint density at radius 3 is 2.18 bits per heavy atom. The predicted molar refractivity (Wildman–Crippen MR) is 143 cm³/mol. The number of aryl methyl sites for hydroxylation is 3. The third-order valence-electron chi connectivity index (χ3n) is 9.27. The van der Waals surface area contributed by atoms with Gasteiger partial charge in [-0.15, -0.1) is 0 Å². The van der Waals surface area contributed by atoms with Crippen LogP contribution in [0.2, 0.25) is 0 Å².